The maximum atomic E-state index is 13.4. The molecular weight excluding hydrogens is 385 g/mol. The highest BCUT2D eigenvalue weighted by molar-refractivity contribution is 7.92. The number of nitrogens with one attached hydrogen (secondary N) is 1. The van der Waals surface area contributed by atoms with Crippen molar-refractivity contribution in [1.29, 1.82) is 0 Å². The molecule has 0 aliphatic rings. The van der Waals surface area contributed by atoms with Gasteiger partial charge in [0.1, 0.15) is 18.1 Å². The molecule has 0 aliphatic heterocycles. The number of hydrazone groups is 1. The van der Waals surface area contributed by atoms with Gasteiger partial charge in [0.05, 0.1) is 24.8 Å². The molecule has 150 valence electrons. The molecule has 0 heterocycles. The zero-order chi connectivity index (χ0) is 20.6. The Morgan fingerprint density at radius 1 is 1.25 bits per heavy atom. The SMILES string of the molecule is CCCOc1ccc(/C=N\NC(=O)CN(c2cccc(F)c2)S(C)(=O)=O)cc1. The van der Waals surface area contributed by atoms with Crippen molar-refractivity contribution in [1.82, 2.24) is 5.43 Å². The van der Waals surface area contributed by atoms with E-state index < -0.39 is 28.3 Å². The fourth-order valence-electron chi connectivity index (χ4n) is 2.25. The normalized spacial score (nSPS) is 11.4. The van der Waals surface area contributed by atoms with Gasteiger partial charge < -0.3 is 4.74 Å². The lowest BCUT2D eigenvalue weighted by atomic mass is 10.2. The van der Waals surface area contributed by atoms with Crippen molar-refractivity contribution < 1.29 is 22.3 Å². The minimum Gasteiger partial charge on any atom is -0.494 e. The number of anilines is 1. The van der Waals surface area contributed by atoms with E-state index >= 15 is 0 Å². The van der Waals surface area contributed by atoms with Crippen LogP contribution in [0, 0.1) is 5.82 Å². The third kappa shape index (κ3) is 6.66. The molecule has 1 amide bonds. The number of nitrogens with zero attached hydrogens (tertiary/aromatic N) is 2. The van der Waals surface area contributed by atoms with E-state index in [1.54, 1.807) is 24.3 Å². The van der Waals surface area contributed by atoms with E-state index in [0.717, 1.165) is 34.4 Å². The van der Waals surface area contributed by atoms with E-state index in [0.29, 0.717) is 6.61 Å². The van der Waals surface area contributed by atoms with Crippen LogP contribution in [0.4, 0.5) is 10.1 Å². The Hall–Kier alpha value is -2.94. The Morgan fingerprint density at radius 3 is 2.57 bits per heavy atom. The average molecular weight is 407 g/mol. The second-order valence-electron chi connectivity index (χ2n) is 5.96. The van der Waals surface area contributed by atoms with Crippen LogP contribution in [0.15, 0.2) is 53.6 Å². The van der Waals surface area contributed by atoms with Gasteiger partial charge in [-0.1, -0.05) is 13.0 Å². The Bertz CT molecular complexity index is 930. The highest BCUT2D eigenvalue weighted by Crippen LogP contribution is 2.18. The minimum absolute atomic E-state index is 0.0595. The van der Waals surface area contributed by atoms with Gasteiger partial charge in [0.25, 0.3) is 5.91 Å². The van der Waals surface area contributed by atoms with Gasteiger partial charge >= 0.3 is 0 Å². The molecule has 2 rings (SSSR count). The lowest BCUT2D eigenvalue weighted by molar-refractivity contribution is -0.119. The molecule has 0 bridgehead atoms. The number of hydrogen-bond acceptors (Lipinski definition) is 5. The molecule has 2 aromatic rings. The summed E-state index contributed by atoms with van der Waals surface area (Å²) in [6.07, 6.45) is 3.28. The number of carbonyl (C=O) groups is 1. The molecule has 9 heteroatoms. The Balaban J connectivity index is 1.98. The van der Waals surface area contributed by atoms with Crippen molar-refractivity contribution >= 4 is 27.8 Å². The van der Waals surface area contributed by atoms with Crippen molar-refractivity contribution in [3.63, 3.8) is 0 Å². The van der Waals surface area contributed by atoms with E-state index in [4.69, 9.17) is 4.74 Å². The van der Waals surface area contributed by atoms with E-state index in [-0.39, 0.29) is 5.69 Å². The lowest BCUT2D eigenvalue weighted by Crippen LogP contribution is -2.39. The van der Waals surface area contributed by atoms with Gasteiger partial charge in [-0.05, 0) is 54.4 Å². The quantitative estimate of drug-likeness (QED) is 0.511. The number of carbonyl (C=O) groups excluding carboxylic acids is 1. The number of ether oxygens (including phenoxy) is 1. The zero-order valence-electron chi connectivity index (χ0n) is 15.6. The average Bonchev–Trinajstić information content (AvgIpc) is 2.64. The van der Waals surface area contributed by atoms with Crippen LogP contribution in [-0.2, 0) is 14.8 Å². The predicted molar refractivity (Wildman–Crippen MR) is 107 cm³/mol. The number of halogens is 1. The first-order valence-electron chi connectivity index (χ1n) is 8.57. The van der Waals surface area contributed by atoms with Gasteiger partial charge in [-0.2, -0.15) is 5.10 Å². The van der Waals surface area contributed by atoms with E-state index in [1.807, 2.05) is 6.92 Å². The standard InChI is InChI=1S/C19H22FN3O4S/c1-3-11-27-18-9-7-15(8-10-18)13-21-22-19(24)14-23(28(2,25)26)17-6-4-5-16(20)12-17/h4-10,12-13H,3,11,14H2,1-2H3,(H,22,24)/b21-13-. The summed E-state index contributed by atoms with van der Waals surface area (Å²) in [4.78, 5) is 12.1. The monoisotopic (exact) mass is 407 g/mol. The third-order valence-corrected chi connectivity index (χ3v) is 4.68. The number of amides is 1. The molecule has 0 fully saturated rings. The third-order valence-electron chi connectivity index (χ3n) is 3.54. The minimum atomic E-state index is -3.78. The topological polar surface area (TPSA) is 88.1 Å². The molecule has 0 saturated heterocycles. The first-order valence-corrected chi connectivity index (χ1v) is 10.4. The largest absolute Gasteiger partial charge is 0.494 e. The van der Waals surface area contributed by atoms with Gasteiger partial charge in [-0.15, -0.1) is 0 Å². The summed E-state index contributed by atoms with van der Waals surface area (Å²) < 4.78 is 43.6. The smallest absolute Gasteiger partial charge is 0.260 e. The van der Waals surface area contributed by atoms with Crippen molar-refractivity contribution in [2.75, 3.05) is 23.7 Å². The van der Waals surface area contributed by atoms with Crippen molar-refractivity contribution in [2.45, 2.75) is 13.3 Å². The van der Waals surface area contributed by atoms with E-state index in [1.165, 1.54) is 24.4 Å². The Morgan fingerprint density at radius 2 is 1.96 bits per heavy atom. The summed E-state index contributed by atoms with van der Waals surface area (Å²) in [7, 11) is -3.78. The molecular formula is C19H22FN3O4S. The first kappa shape index (κ1) is 21.4. The number of benzene rings is 2. The summed E-state index contributed by atoms with van der Waals surface area (Å²) >= 11 is 0. The number of hydrogen-bond donors (Lipinski definition) is 1. The number of sulfonamides is 1. The maximum Gasteiger partial charge on any atom is 0.260 e. The Kier molecular flexibility index (Phi) is 7.51. The highest BCUT2D eigenvalue weighted by Gasteiger charge is 2.21. The zero-order valence-corrected chi connectivity index (χ0v) is 16.4. The first-order chi connectivity index (χ1) is 13.3. The molecule has 2 aromatic carbocycles. The highest BCUT2D eigenvalue weighted by atomic mass is 32.2. The van der Waals surface area contributed by atoms with Crippen molar-refractivity contribution in [3.8, 4) is 5.75 Å². The summed E-state index contributed by atoms with van der Waals surface area (Å²) in [5, 5.41) is 3.82. The molecule has 28 heavy (non-hydrogen) atoms. The van der Waals surface area contributed by atoms with E-state index in [9.17, 15) is 17.6 Å². The maximum absolute atomic E-state index is 13.4. The second kappa shape index (κ2) is 9.84. The second-order valence-corrected chi connectivity index (χ2v) is 7.87. The van der Waals surface area contributed by atoms with Crippen molar-refractivity contribution in [2.24, 2.45) is 5.10 Å². The van der Waals surface area contributed by atoms with E-state index in [2.05, 4.69) is 10.5 Å². The van der Waals surface area contributed by atoms with Crippen LogP contribution in [0.1, 0.15) is 18.9 Å². The van der Waals surface area contributed by atoms with Crippen LogP contribution in [0.25, 0.3) is 0 Å². The van der Waals surface area contributed by atoms with Crippen LogP contribution in [0.3, 0.4) is 0 Å². The Labute approximate surface area is 163 Å². The molecule has 0 radical (unpaired) electrons. The molecule has 0 aromatic heterocycles. The summed E-state index contributed by atoms with van der Waals surface area (Å²) in [5.41, 5.74) is 3.06. The fourth-order valence-corrected chi connectivity index (χ4v) is 3.09. The van der Waals surface area contributed by atoms with Crippen LogP contribution in [-0.4, -0.2) is 39.9 Å². The molecule has 0 saturated carbocycles. The molecule has 0 unspecified atom stereocenters. The van der Waals surface area contributed by atoms with Crippen LogP contribution in [0.5, 0.6) is 5.75 Å². The summed E-state index contributed by atoms with van der Waals surface area (Å²) in [6.45, 7) is 2.12. The molecule has 7 nitrogen and oxygen atoms in total. The van der Waals surface area contributed by atoms with Crippen LogP contribution >= 0.6 is 0 Å². The van der Waals surface area contributed by atoms with Gasteiger partial charge in [0, 0.05) is 0 Å². The summed E-state index contributed by atoms with van der Waals surface area (Å²) in [6, 6.07) is 12.1. The van der Waals surface area contributed by atoms with Gasteiger partial charge in [-0.25, -0.2) is 18.2 Å². The van der Waals surface area contributed by atoms with Gasteiger partial charge in [0.15, 0.2) is 0 Å². The van der Waals surface area contributed by atoms with Gasteiger partial charge in [-0.3, -0.25) is 9.10 Å². The summed E-state index contributed by atoms with van der Waals surface area (Å²) in [5.74, 6) is -0.522. The van der Waals surface area contributed by atoms with Crippen LogP contribution in [0.2, 0.25) is 0 Å². The molecule has 0 atom stereocenters. The van der Waals surface area contributed by atoms with Crippen molar-refractivity contribution in [3.05, 3.63) is 59.9 Å². The number of rotatable bonds is 9. The lowest BCUT2D eigenvalue weighted by Gasteiger charge is -2.21. The fraction of sp³-hybridized carbons (Fsp3) is 0.263. The van der Waals surface area contributed by atoms with Crippen LogP contribution < -0.4 is 14.5 Å². The molecule has 0 spiro atoms. The molecule has 1 N–H and O–H groups in total. The predicted octanol–water partition coefficient (Wildman–Crippen LogP) is 2.53. The molecule has 0 aliphatic carbocycles. The van der Waals surface area contributed by atoms with Gasteiger partial charge in [0.2, 0.25) is 10.0 Å².